The highest BCUT2D eigenvalue weighted by molar-refractivity contribution is 5.98. The van der Waals surface area contributed by atoms with Crippen LogP contribution in [0.25, 0.3) is 0 Å². The van der Waals surface area contributed by atoms with Gasteiger partial charge in [-0.1, -0.05) is 42.5 Å². The number of benzene rings is 3. The third kappa shape index (κ3) is 4.10. The molecule has 5 rings (SSSR count). The number of fused-ring (bicyclic) bond motifs is 2. The van der Waals surface area contributed by atoms with E-state index < -0.39 is 0 Å². The molecule has 6 nitrogen and oxygen atoms in total. The highest BCUT2D eigenvalue weighted by atomic mass is 16.5. The monoisotopic (exact) mass is 413 g/mol. The summed E-state index contributed by atoms with van der Waals surface area (Å²) in [7, 11) is 0. The van der Waals surface area contributed by atoms with E-state index in [0.717, 1.165) is 25.1 Å². The molecule has 31 heavy (non-hydrogen) atoms. The van der Waals surface area contributed by atoms with Crippen molar-refractivity contribution < 1.29 is 14.3 Å². The van der Waals surface area contributed by atoms with Crippen LogP contribution < -0.4 is 20.3 Å². The lowest BCUT2D eigenvalue weighted by atomic mass is 10.1. The maximum absolute atomic E-state index is 12.5. The Morgan fingerprint density at radius 1 is 1.03 bits per heavy atom. The van der Waals surface area contributed by atoms with Crippen molar-refractivity contribution in [2.24, 2.45) is 0 Å². The molecule has 0 unspecified atom stereocenters. The van der Waals surface area contributed by atoms with E-state index in [4.69, 9.17) is 4.74 Å². The summed E-state index contributed by atoms with van der Waals surface area (Å²) in [5, 5.41) is 5.67. The molecule has 2 N–H and O–H groups in total. The van der Waals surface area contributed by atoms with Crippen LogP contribution in [0, 0.1) is 0 Å². The van der Waals surface area contributed by atoms with Crippen molar-refractivity contribution in [1.82, 2.24) is 5.32 Å². The summed E-state index contributed by atoms with van der Waals surface area (Å²) in [6, 6.07) is 22.0. The fourth-order valence-corrected chi connectivity index (χ4v) is 4.05. The van der Waals surface area contributed by atoms with E-state index in [1.165, 1.54) is 16.8 Å². The summed E-state index contributed by atoms with van der Waals surface area (Å²) in [6.07, 6.45) is 1.10. The van der Waals surface area contributed by atoms with Crippen LogP contribution in [0.5, 0.6) is 5.75 Å². The molecule has 0 radical (unpaired) electrons. The zero-order valence-corrected chi connectivity index (χ0v) is 17.1. The van der Waals surface area contributed by atoms with Gasteiger partial charge in [-0.15, -0.1) is 0 Å². The van der Waals surface area contributed by atoms with Crippen molar-refractivity contribution in [3.8, 4) is 5.75 Å². The smallest absolute Gasteiger partial charge is 0.262 e. The number of anilines is 2. The molecule has 6 heteroatoms. The molecular formula is C25H23N3O3. The van der Waals surface area contributed by atoms with Crippen LogP contribution in [-0.2, 0) is 24.3 Å². The lowest BCUT2D eigenvalue weighted by molar-refractivity contribution is -0.118. The zero-order valence-electron chi connectivity index (χ0n) is 17.1. The van der Waals surface area contributed by atoms with Crippen molar-refractivity contribution in [3.05, 3.63) is 89.0 Å². The van der Waals surface area contributed by atoms with Gasteiger partial charge in [0.2, 0.25) is 0 Å². The quantitative estimate of drug-likeness (QED) is 0.672. The van der Waals surface area contributed by atoms with Gasteiger partial charge in [-0.3, -0.25) is 9.59 Å². The average Bonchev–Trinajstić information content (AvgIpc) is 3.21. The van der Waals surface area contributed by atoms with Gasteiger partial charge in [-0.2, -0.15) is 0 Å². The van der Waals surface area contributed by atoms with Gasteiger partial charge >= 0.3 is 0 Å². The topological polar surface area (TPSA) is 70.7 Å². The minimum absolute atomic E-state index is 0.0343. The van der Waals surface area contributed by atoms with Crippen molar-refractivity contribution in [1.29, 1.82) is 0 Å². The summed E-state index contributed by atoms with van der Waals surface area (Å²) in [4.78, 5) is 26.3. The Bertz CT molecular complexity index is 1140. The Hall–Kier alpha value is -3.80. The number of carbonyl (C=O) groups excluding carboxylic acids is 2. The number of ether oxygens (including phenoxy) is 1. The van der Waals surface area contributed by atoms with Gasteiger partial charge in [-0.05, 0) is 47.4 Å². The summed E-state index contributed by atoms with van der Waals surface area (Å²) in [5.41, 5.74) is 6.12. The first kappa shape index (κ1) is 19.2. The number of nitrogens with zero attached hydrogens (tertiary/aromatic N) is 1. The van der Waals surface area contributed by atoms with E-state index >= 15 is 0 Å². The maximum atomic E-state index is 12.5. The number of amides is 2. The molecule has 2 aliphatic heterocycles. The molecule has 0 saturated heterocycles. The predicted molar refractivity (Wildman–Crippen MR) is 119 cm³/mol. The SMILES string of the molecule is O=C1COc2cc(C(=O)NCc3ccc(CN4CCc5ccccc54)cc3)ccc2N1. The molecule has 0 spiro atoms. The molecule has 156 valence electrons. The molecule has 2 heterocycles. The summed E-state index contributed by atoms with van der Waals surface area (Å²) in [6.45, 7) is 2.34. The molecular weight excluding hydrogens is 390 g/mol. The third-order valence-electron chi connectivity index (χ3n) is 5.71. The minimum atomic E-state index is -0.193. The molecule has 3 aromatic rings. The highest BCUT2D eigenvalue weighted by Gasteiger charge is 2.19. The molecule has 0 atom stereocenters. The predicted octanol–water partition coefficient (Wildman–Crippen LogP) is 3.51. The fourth-order valence-electron chi connectivity index (χ4n) is 4.05. The van der Waals surface area contributed by atoms with Gasteiger partial charge in [-0.25, -0.2) is 0 Å². The normalized spacial score (nSPS) is 14.3. The molecule has 0 saturated carbocycles. The minimum Gasteiger partial charge on any atom is -0.482 e. The van der Waals surface area contributed by atoms with E-state index in [1.54, 1.807) is 18.2 Å². The van der Waals surface area contributed by atoms with E-state index in [2.05, 4.69) is 64.1 Å². The van der Waals surface area contributed by atoms with Crippen LogP contribution in [0.3, 0.4) is 0 Å². The number of rotatable bonds is 5. The Balaban J connectivity index is 1.18. The van der Waals surface area contributed by atoms with Gasteiger partial charge < -0.3 is 20.3 Å². The lowest BCUT2D eigenvalue weighted by Gasteiger charge is -2.19. The fraction of sp³-hybridized carbons (Fsp3) is 0.200. The lowest BCUT2D eigenvalue weighted by Crippen LogP contribution is -2.26. The van der Waals surface area contributed by atoms with Gasteiger partial charge in [0, 0.05) is 30.9 Å². The largest absolute Gasteiger partial charge is 0.482 e. The van der Waals surface area contributed by atoms with Crippen molar-refractivity contribution in [2.45, 2.75) is 19.5 Å². The van der Waals surface area contributed by atoms with Gasteiger partial charge in [0.25, 0.3) is 11.8 Å². The highest BCUT2D eigenvalue weighted by Crippen LogP contribution is 2.29. The van der Waals surface area contributed by atoms with E-state index in [0.29, 0.717) is 23.5 Å². The van der Waals surface area contributed by atoms with Crippen LogP contribution in [0.15, 0.2) is 66.7 Å². The molecule has 3 aromatic carbocycles. The van der Waals surface area contributed by atoms with Crippen LogP contribution in [0.1, 0.15) is 27.0 Å². The Kier molecular flexibility index (Phi) is 5.04. The van der Waals surface area contributed by atoms with Crippen molar-refractivity contribution in [3.63, 3.8) is 0 Å². The number of nitrogens with one attached hydrogen (secondary N) is 2. The van der Waals surface area contributed by atoms with Crippen LogP contribution in [-0.4, -0.2) is 25.0 Å². The van der Waals surface area contributed by atoms with E-state index in [1.807, 2.05) is 0 Å². The second kappa shape index (κ2) is 8.14. The second-order valence-electron chi connectivity index (χ2n) is 7.85. The van der Waals surface area contributed by atoms with Crippen molar-refractivity contribution in [2.75, 3.05) is 23.4 Å². The number of carbonyl (C=O) groups is 2. The first-order valence-corrected chi connectivity index (χ1v) is 10.4. The molecule has 0 aromatic heterocycles. The summed E-state index contributed by atoms with van der Waals surface area (Å²) in [5.74, 6) is 0.142. The Labute approximate surface area is 180 Å². The maximum Gasteiger partial charge on any atom is 0.262 e. The first-order chi connectivity index (χ1) is 15.2. The zero-order chi connectivity index (χ0) is 21.2. The summed E-state index contributed by atoms with van der Waals surface area (Å²) < 4.78 is 5.38. The van der Waals surface area contributed by atoms with Crippen LogP contribution in [0.4, 0.5) is 11.4 Å². The molecule has 0 aliphatic carbocycles. The molecule has 2 amide bonds. The van der Waals surface area contributed by atoms with Gasteiger partial charge in [0.15, 0.2) is 6.61 Å². The van der Waals surface area contributed by atoms with Crippen LogP contribution in [0.2, 0.25) is 0 Å². The summed E-state index contributed by atoms with van der Waals surface area (Å²) >= 11 is 0. The van der Waals surface area contributed by atoms with Gasteiger partial charge in [0.05, 0.1) is 5.69 Å². The van der Waals surface area contributed by atoms with E-state index in [-0.39, 0.29) is 18.4 Å². The molecule has 0 bridgehead atoms. The molecule has 2 aliphatic rings. The number of para-hydroxylation sites is 1. The Morgan fingerprint density at radius 2 is 1.84 bits per heavy atom. The van der Waals surface area contributed by atoms with Crippen LogP contribution >= 0.6 is 0 Å². The van der Waals surface area contributed by atoms with E-state index in [9.17, 15) is 9.59 Å². The third-order valence-corrected chi connectivity index (χ3v) is 5.71. The number of hydrogen-bond acceptors (Lipinski definition) is 4. The van der Waals surface area contributed by atoms with Gasteiger partial charge in [0.1, 0.15) is 5.75 Å². The first-order valence-electron chi connectivity index (χ1n) is 10.4. The number of hydrogen-bond donors (Lipinski definition) is 2. The standard InChI is InChI=1S/C25H23N3O3/c29-24-16-31-23-13-20(9-10-21(23)27-24)25(30)26-14-17-5-7-18(8-6-17)15-28-12-11-19-3-1-2-4-22(19)28/h1-10,13H,11-12,14-16H2,(H,26,30)(H,27,29). The average molecular weight is 413 g/mol. The molecule has 0 fully saturated rings. The van der Waals surface area contributed by atoms with Crippen molar-refractivity contribution >= 4 is 23.2 Å². The second-order valence-corrected chi connectivity index (χ2v) is 7.85. The Morgan fingerprint density at radius 3 is 2.71 bits per heavy atom.